The summed E-state index contributed by atoms with van der Waals surface area (Å²) in [5, 5.41) is 0. The maximum atomic E-state index is 2.62. The van der Waals surface area contributed by atoms with Gasteiger partial charge >= 0.3 is 0 Å². The van der Waals surface area contributed by atoms with Gasteiger partial charge in [-0.15, -0.1) is 0 Å². The highest BCUT2D eigenvalue weighted by atomic mass is 15.2. The summed E-state index contributed by atoms with van der Waals surface area (Å²) in [4.78, 5) is 5.21. The van der Waals surface area contributed by atoms with E-state index in [0.717, 1.165) is 0 Å². The lowest BCUT2D eigenvalue weighted by Crippen LogP contribution is -2.32. The summed E-state index contributed by atoms with van der Waals surface area (Å²) in [6, 6.07) is 8.94. The van der Waals surface area contributed by atoms with Crippen molar-refractivity contribution in [1.82, 2.24) is 4.90 Å². The van der Waals surface area contributed by atoms with Crippen molar-refractivity contribution in [3.05, 3.63) is 29.8 Å². The zero-order valence-electron chi connectivity index (χ0n) is 11.3. The van der Waals surface area contributed by atoms with Crippen LogP contribution in [0, 0.1) is 0 Å². The van der Waals surface area contributed by atoms with Crippen LogP contribution < -0.4 is 4.90 Å². The van der Waals surface area contributed by atoms with Crippen molar-refractivity contribution in [3.63, 3.8) is 0 Å². The van der Waals surface area contributed by atoms with Crippen molar-refractivity contribution < 1.29 is 0 Å². The molecule has 1 aromatic rings. The number of para-hydroxylation sites is 1. The number of hydrogen-bond acceptors (Lipinski definition) is 2. The van der Waals surface area contributed by atoms with E-state index in [1.54, 1.807) is 5.56 Å². The molecule has 2 heterocycles. The molecule has 1 fully saturated rings. The van der Waals surface area contributed by atoms with Crippen LogP contribution >= 0.6 is 0 Å². The van der Waals surface area contributed by atoms with E-state index in [4.69, 9.17) is 0 Å². The zero-order valence-corrected chi connectivity index (χ0v) is 11.3. The smallest absolute Gasteiger partial charge is 0.0398 e. The van der Waals surface area contributed by atoms with Crippen LogP contribution in [0.1, 0.15) is 31.2 Å². The van der Waals surface area contributed by atoms with E-state index in [0.29, 0.717) is 0 Å². The summed E-state index contributed by atoms with van der Waals surface area (Å²) in [7, 11) is 0. The van der Waals surface area contributed by atoms with Gasteiger partial charge < -0.3 is 9.80 Å². The van der Waals surface area contributed by atoms with E-state index >= 15 is 0 Å². The Kier molecular flexibility index (Phi) is 3.84. The molecule has 0 aromatic heterocycles. The standard InChI is InChI=1S/C16H24N2/c1-2-9-16-15(7-1)8-5-13-18(16)14-6-12-17-10-3-4-11-17/h1-2,7,9H,3-6,8,10-14H2. The maximum Gasteiger partial charge on any atom is 0.0398 e. The van der Waals surface area contributed by atoms with Crippen molar-refractivity contribution in [2.75, 3.05) is 37.6 Å². The van der Waals surface area contributed by atoms with E-state index in [1.165, 1.54) is 70.5 Å². The van der Waals surface area contributed by atoms with E-state index in [-0.39, 0.29) is 0 Å². The molecule has 0 atom stereocenters. The van der Waals surface area contributed by atoms with Crippen molar-refractivity contribution in [1.29, 1.82) is 0 Å². The lowest BCUT2D eigenvalue weighted by molar-refractivity contribution is 0.334. The van der Waals surface area contributed by atoms with E-state index < -0.39 is 0 Å². The molecule has 0 amide bonds. The Hall–Kier alpha value is -1.02. The summed E-state index contributed by atoms with van der Waals surface area (Å²) >= 11 is 0. The summed E-state index contributed by atoms with van der Waals surface area (Å²) in [6.07, 6.45) is 6.72. The topological polar surface area (TPSA) is 6.48 Å². The van der Waals surface area contributed by atoms with Crippen LogP contribution in [-0.2, 0) is 6.42 Å². The molecule has 98 valence electrons. The highest BCUT2D eigenvalue weighted by Gasteiger charge is 2.16. The Morgan fingerprint density at radius 3 is 2.61 bits per heavy atom. The van der Waals surface area contributed by atoms with Gasteiger partial charge in [0.1, 0.15) is 0 Å². The molecule has 2 nitrogen and oxygen atoms in total. The number of hydrogen-bond donors (Lipinski definition) is 0. The minimum atomic E-state index is 1.23. The second kappa shape index (κ2) is 5.75. The van der Waals surface area contributed by atoms with Gasteiger partial charge in [0.05, 0.1) is 0 Å². The van der Waals surface area contributed by atoms with Gasteiger partial charge in [0.25, 0.3) is 0 Å². The van der Waals surface area contributed by atoms with Gasteiger partial charge in [0, 0.05) is 18.8 Å². The number of fused-ring (bicyclic) bond motifs is 1. The third-order valence-corrected chi connectivity index (χ3v) is 4.31. The van der Waals surface area contributed by atoms with Gasteiger partial charge in [0.15, 0.2) is 0 Å². The van der Waals surface area contributed by atoms with Gasteiger partial charge in [0.2, 0.25) is 0 Å². The SMILES string of the molecule is c1ccc2c(c1)CCCN2CCCN1CCCC1. The maximum absolute atomic E-state index is 2.62. The van der Waals surface area contributed by atoms with Crippen LogP contribution in [0.4, 0.5) is 5.69 Å². The third kappa shape index (κ3) is 2.69. The number of anilines is 1. The largest absolute Gasteiger partial charge is 0.371 e. The molecule has 0 N–H and O–H groups in total. The predicted molar refractivity (Wildman–Crippen MR) is 77.3 cm³/mol. The second-order valence-electron chi connectivity index (χ2n) is 5.62. The third-order valence-electron chi connectivity index (χ3n) is 4.31. The second-order valence-corrected chi connectivity index (χ2v) is 5.62. The molecule has 0 saturated carbocycles. The summed E-state index contributed by atoms with van der Waals surface area (Å²) in [5.41, 5.74) is 3.04. The fourth-order valence-corrected chi connectivity index (χ4v) is 3.34. The molecule has 1 saturated heterocycles. The Bertz CT molecular complexity index is 382. The molecule has 0 aliphatic carbocycles. The number of benzene rings is 1. The van der Waals surface area contributed by atoms with Crippen molar-refractivity contribution in [2.45, 2.75) is 32.1 Å². The van der Waals surface area contributed by atoms with Crippen molar-refractivity contribution in [3.8, 4) is 0 Å². The Morgan fingerprint density at radius 2 is 1.72 bits per heavy atom. The Balaban J connectivity index is 1.54. The lowest BCUT2D eigenvalue weighted by Gasteiger charge is -2.31. The normalized spacial score (nSPS) is 20.1. The quantitative estimate of drug-likeness (QED) is 0.803. The fourth-order valence-electron chi connectivity index (χ4n) is 3.34. The van der Waals surface area contributed by atoms with Crippen molar-refractivity contribution in [2.24, 2.45) is 0 Å². The van der Waals surface area contributed by atoms with Crippen LogP contribution in [-0.4, -0.2) is 37.6 Å². The molecule has 18 heavy (non-hydrogen) atoms. The van der Waals surface area contributed by atoms with Gasteiger partial charge in [-0.3, -0.25) is 0 Å². The first-order valence-corrected chi connectivity index (χ1v) is 7.49. The Morgan fingerprint density at radius 1 is 0.889 bits per heavy atom. The lowest BCUT2D eigenvalue weighted by atomic mass is 10.0. The number of likely N-dealkylation sites (tertiary alicyclic amines) is 1. The van der Waals surface area contributed by atoms with Crippen LogP contribution in [0.2, 0.25) is 0 Å². The first kappa shape index (κ1) is 12.0. The molecule has 3 rings (SSSR count). The molecule has 0 bridgehead atoms. The average Bonchev–Trinajstić information content (AvgIpc) is 2.92. The minimum Gasteiger partial charge on any atom is -0.371 e. The summed E-state index contributed by atoms with van der Waals surface area (Å²) < 4.78 is 0. The van der Waals surface area contributed by atoms with E-state index in [1.807, 2.05) is 0 Å². The molecule has 0 spiro atoms. The van der Waals surface area contributed by atoms with Crippen LogP contribution in [0.15, 0.2) is 24.3 Å². The average molecular weight is 244 g/mol. The van der Waals surface area contributed by atoms with Crippen LogP contribution in [0.25, 0.3) is 0 Å². The van der Waals surface area contributed by atoms with E-state index in [9.17, 15) is 0 Å². The highest BCUT2D eigenvalue weighted by Crippen LogP contribution is 2.26. The molecule has 2 heteroatoms. The first-order valence-electron chi connectivity index (χ1n) is 7.49. The summed E-state index contributed by atoms with van der Waals surface area (Å²) in [6.45, 7) is 6.43. The molecule has 1 aromatic carbocycles. The minimum absolute atomic E-state index is 1.23. The molecule has 0 radical (unpaired) electrons. The van der Waals surface area contributed by atoms with Gasteiger partial charge in [-0.2, -0.15) is 0 Å². The van der Waals surface area contributed by atoms with Gasteiger partial charge in [-0.25, -0.2) is 0 Å². The summed E-state index contributed by atoms with van der Waals surface area (Å²) in [5.74, 6) is 0. The molecule has 0 unspecified atom stereocenters. The fraction of sp³-hybridized carbons (Fsp3) is 0.625. The van der Waals surface area contributed by atoms with Gasteiger partial charge in [-0.05, 0) is 63.4 Å². The highest BCUT2D eigenvalue weighted by molar-refractivity contribution is 5.55. The van der Waals surface area contributed by atoms with E-state index in [2.05, 4.69) is 34.1 Å². The first-order chi connectivity index (χ1) is 8.93. The number of rotatable bonds is 4. The van der Waals surface area contributed by atoms with Crippen molar-refractivity contribution >= 4 is 5.69 Å². The zero-order chi connectivity index (χ0) is 12.2. The molecular weight excluding hydrogens is 220 g/mol. The Labute approximate surface area is 111 Å². The predicted octanol–water partition coefficient (Wildman–Crippen LogP) is 2.93. The molecule has 2 aliphatic rings. The number of aryl methyl sites for hydroxylation is 1. The monoisotopic (exact) mass is 244 g/mol. The van der Waals surface area contributed by atoms with Gasteiger partial charge in [-0.1, -0.05) is 18.2 Å². The number of nitrogens with zero attached hydrogens (tertiary/aromatic N) is 2. The molecule has 2 aliphatic heterocycles. The van der Waals surface area contributed by atoms with Crippen LogP contribution in [0.3, 0.4) is 0 Å². The molecular formula is C16H24N2. The van der Waals surface area contributed by atoms with Crippen LogP contribution in [0.5, 0.6) is 0 Å².